The Morgan fingerprint density at radius 1 is 1.22 bits per heavy atom. The fourth-order valence-electron chi connectivity index (χ4n) is 4.13. The van der Waals surface area contributed by atoms with Crippen molar-refractivity contribution in [2.75, 3.05) is 33.8 Å². The van der Waals surface area contributed by atoms with Gasteiger partial charge in [-0.15, -0.1) is 0 Å². The molecule has 2 fully saturated rings. The van der Waals surface area contributed by atoms with Gasteiger partial charge in [-0.1, -0.05) is 12.1 Å². The van der Waals surface area contributed by atoms with Gasteiger partial charge >= 0.3 is 0 Å². The molecule has 7 heteroatoms. The number of methoxy groups -OCH3 is 1. The topological polar surface area (TPSA) is 75.6 Å². The van der Waals surface area contributed by atoms with Crippen LogP contribution >= 0.6 is 0 Å². The molecule has 0 aliphatic carbocycles. The average molecular weight is 368 g/mol. The van der Waals surface area contributed by atoms with Crippen molar-refractivity contribution in [1.29, 1.82) is 0 Å². The van der Waals surface area contributed by atoms with Crippen LogP contribution in [0.3, 0.4) is 0 Å². The standard InChI is InChI=1S/C20H24N4O3/c1-23-10-9-13-11-24(12-14(13)20(23)26)18(25)8-7-17-19(27-2)22-16-6-4-3-5-15(16)21-17/h3-6,13-14H,7-12H2,1-2H3/t13-,14+/m1/s1. The number of fused-ring (bicyclic) bond motifs is 2. The molecule has 2 atom stereocenters. The van der Waals surface area contributed by atoms with E-state index in [2.05, 4.69) is 9.97 Å². The molecular weight excluding hydrogens is 344 g/mol. The largest absolute Gasteiger partial charge is 0.480 e. The number of rotatable bonds is 4. The molecule has 2 amide bonds. The highest BCUT2D eigenvalue weighted by atomic mass is 16.5. The van der Waals surface area contributed by atoms with Crippen LogP contribution in [0, 0.1) is 11.8 Å². The summed E-state index contributed by atoms with van der Waals surface area (Å²) < 4.78 is 5.37. The highest BCUT2D eigenvalue weighted by Gasteiger charge is 2.43. The Balaban J connectivity index is 1.44. The van der Waals surface area contributed by atoms with Crippen LogP contribution in [0.25, 0.3) is 11.0 Å². The zero-order chi connectivity index (χ0) is 19.0. The minimum atomic E-state index is -0.0392. The number of nitrogens with zero attached hydrogens (tertiary/aromatic N) is 4. The zero-order valence-electron chi connectivity index (χ0n) is 15.7. The minimum absolute atomic E-state index is 0.0392. The smallest absolute Gasteiger partial charge is 0.235 e. The summed E-state index contributed by atoms with van der Waals surface area (Å²) in [5.41, 5.74) is 2.26. The molecule has 0 unspecified atom stereocenters. The van der Waals surface area contributed by atoms with Gasteiger partial charge in [-0.3, -0.25) is 9.59 Å². The number of aromatic nitrogens is 2. The van der Waals surface area contributed by atoms with Gasteiger partial charge in [-0.2, -0.15) is 0 Å². The first-order chi connectivity index (χ1) is 13.1. The number of piperidine rings is 1. The van der Waals surface area contributed by atoms with Crippen molar-refractivity contribution in [2.24, 2.45) is 11.8 Å². The third-order valence-electron chi connectivity index (χ3n) is 5.70. The van der Waals surface area contributed by atoms with Gasteiger partial charge in [-0.25, -0.2) is 9.97 Å². The number of amides is 2. The van der Waals surface area contributed by atoms with Crippen LogP contribution < -0.4 is 4.74 Å². The third-order valence-corrected chi connectivity index (χ3v) is 5.70. The molecular formula is C20H24N4O3. The summed E-state index contributed by atoms with van der Waals surface area (Å²) in [6.07, 6.45) is 1.78. The molecule has 1 aromatic heterocycles. The molecule has 2 aliphatic rings. The van der Waals surface area contributed by atoms with Gasteiger partial charge in [0.25, 0.3) is 0 Å². The predicted molar refractivity (Wildman–Crippen MR) is 100 cm³/mol. The van der Waals surface area contributed by atoms with E-state index >= 15 is 0 Å². The van der Waals surface area contributed by atoms with Crippen molar-refractivity contribution in [2.45, 2.75) is 19.3 Å². The van der Waals surface area contributed by atoms with E-state index in [0.29, 0.717) is 43.4 Å². The van der Waals surface area contributed by atoms with Gasteiger partial charge in [0.1, 0.15) is 5.69 Å². The first kappa shape index (κ1) is 17.7. The number of hydrogen-bond acceptors (Lipinski definition) is 5. The van der Waals surface area contributed by atoms with Crippen LogP contribution in [0.4, 0.5) is 0 Å². The minimum Gasteiger partial charge on any atom is -0.480 e. The second-order valence-corrected chi connectivity index (χ2v) is 7.38. The van der Waals surface area contributed by atoms with E-state index in [4.69, 9.17) is 4.74 Å². The van der Waals surface area contributed by atoms with Gasteiger partial charge in [0, 0.05) is 39.5 Å². The fraction of sp³-hybridized carbons (Fsp3) is 0.500. The Bertz CT molecular complexity index is 885. The summed E-state index contributed by atoms with van der Waals surface area (Å²) in [6, 6.07) is 7.61. The lowest BCUT2D eigenvalue weighted by Crippen LogP contribution is -2.42. The fourth-order valence-corrected chi connectivity index (χ4v) is 4.13. The first-order valence-corrected chi connectivity index (χ1v) is 9.39. The number of hydrogen-bond donors (Lipinski definition) is 0. The summed E-state index contributed by atoms with van der Waals surface area (Å²) >= 11 is 0. The SMILES string of the molecule is COc1nc2ccccc2nc1CCC(=O)N1C[C@H]2CCN(C)C(=O)[C@H]2C1. The molecule has 1 aromatic carbocycles. The number of aryl methyl sites for hydroxylation is 1. The van der Waals surface area contributed by atoms with Gasteiger partial charge < -0.3 is 14.5 Å². The van der Waals surface area contributed by atoms with Crippen LogP contribution in [0.2, 0.25) is 0 Å². The van der Waals surface area contributed by atoms with Crippen LogP contribution in [0.1, 0.15) is 18.5 Å². The highest BCUT2D eigenvalue weighted by Crippen LogP contribution is 2.32. The second kappa shape index (κ2) is 7.13. The quantitative estimate of drug-likeness (QED) is 0.818. The van der Waals surface area contributed by atoms with Crippen molar-refractivity contribution in [3.8, 4) is 5.88 Å². The molecule has 2 aromatic rings. The molecule has 0 bridgehead atoms. The van der Waals surface area contributed by atoms with E-state index in [1.807, 2.05) is 36.2 Å². The Morgan fingerprint density at radius 3 is 2.70 bits per heavy atom. The van der Waals surface area contributed by atoms with Gasteiger partial charge in [0.05, 0.1) is 24.1 Å². The van der Waals surface area contributed by atoms with Crippen LogP contribution in [0.15, 0.2) is 24.3 Å². The average Bonchev–Trinajstić information content (AvgIpc) is 3.13. The Kier molecular flexibility index (Phi) is 4.68. The maximum atomic E-state index is 12.7. The summed E-state index contributed by atoms with van der Waals surface area (Å²) in [7, 11) is 3.41. The maximum Gasteiger partial charge on any atom is 0.235 e. The third kappa shape index (κ3) is 3.34. The van der Waals surface area contributed by atoms with Crippen molar-refractivity contribution in [3.05, 3.63) is 30.0 Å². The Hall–Kier alpha value is -2.70. The summed E-state index contributed by atoms with van der Waals surface area (Å²) in [4.78, 5) is 37.8. The molecule has 0 spiro atoms. The maximum absolute atomic E-state index is 12.7. The van der Waals surface area contributed by atoms with E-state index in [1.54, 1.807) is 12.0 Å². The van der Waals surface area contributed by atoms with Crippen molar-refractivity contribution < 1.29 is 14.3 Å². The second-order valence-electron chi connectivity index (χ2n) is 7.38. The lowest BCUT2D eigenvalue weighted by molar-refractivity contribution is -0.138. The molecule has 3 heterocycles. The number of para-hydroxylation sites is 2. The monoisotopic (exact) mass is 368 g/mol. The molecule has 4 rings (SSSR count). The van der Waals surface area contributed by atoms with Crippen LogP contribution in [-0.2, 0) is 16.0 Å². The predicted octanol–water partition coefficient (Wildman–Crippen LogP) is 1.51. The van der Waals surface area contributed by atoms with Crippen molar-refractivity contribution >= 4 is 22.8 Å². The normalized spacial score (nSPS) is 22.2. The van der Waals surface area contributed by atoms with Gasteiger partial charge in [-0.05, 0) is 24.5 Å². The van der Waals surface area contributed by atoms with E-state index in [-0.39, 0.29) is 17.7 Å². The first-order valence-electron chi connectivity index (χ1n) is 9.39. The Morgan fingerprint density at radius 2 is 1.96 bits per heavy atom. The van der Waals surface area contributed by atoms with E-state index < -0.39 is 0 Å². The molecule has 2 saturated heterocycles. The van der Waals surface area contributed by atoms with Gasteiger partial charge in [0.2, 0.25) is 17.7 Å². The highest BCUT2D eigenvalue weighted by molar-refractivity contribution is 5.83. The Labute approximate surface area is 158 Å². The molecule has 7 nitrogen and oxygen atoms in total. The van der Waals surface area contributed by atoms with E-state index in [0.717, 1.165) is 24.0 Å². The zero-order valence-corrected chi connectivity index (χ0v) is 15.7. The summed E-state index contributed by atoms with van der Waals surface area (Å²) in [5, 5.41) is 0. The summed E-state index contributed by atoms with van der Waals surface area (Å²) in [5.74, 6) is 0.962. The lowest BCUT2D eigenvalue weighted by atomic mass is 9.88. The number of carbonyl (C=O) groups is 2. The van der Waals surface area contributed by atoms with E-state index in [1.165, 1.54) is 0 Å². The van der Waals surface area contributed by atoms with Crippen molar-refractivity contribution in [3.63, 3.8) is 0 Å². The molecule has 0 radical (unpaired) electrons. The molecule has 0 N–H and O–H groups in total. The lowest BCUT2D eigenvalue weighted by Gasteiger charge is -2.30. The van der Waals surface area contributed by atoms with Crippen LogP contribution in [-0.4, -0.2) is 65.4 Å². The molecule has 0 saturated carbocycles. The molecule has 2 aliphatic heterocycles. The molecule has 142 valence electrons. The summed E-state index contributed by atoms with van der Waals surface area (Å²) in [6.45, 7) is 2.00. The van der Waals surface area contributed by atoms with Crippen molar-refractivity contribution in [1.82, 2.24) is 19.8 Å². The number of benzene rings is 1. The molecule has 27 heavy (non-hydrogen) atoms. The number of ether oxygens (including phenoxy) is 1. The van der Waals surface area contributed by atoms with Crippen LogP contribution in [0.5, 0.6) is 5.88 Å². The number of carbonyl (C=O) groups excluding carboxylic acids is 2. The number of likely N-dealkylation sites (tertiary alicyclic amines) is 2. The van der Waals surface area contributed by atoms with Gasteiger partial charge in [0.15, 0.2) is 0 Å². The van der Waals surface area contributed by atoms with E-state index in [9.17, 15) is 9.59 Å².